The van der Waals surface area contributed by atoms with Crippen molar-refractivity contribution in [3.63, 3.8) is 0 Å². The molecule has 0 radical (unpaired) electrons. The largest absolute Gasteiger partial charge is 0.470 e. The van der Waals surface area contributed by atoms with E-state index in [9.17, 15) is 25.9 Å². The third-order valence-corrected chi connectivity index (χ3v) is 4.54. The first-order chi connectivity index (χ1) is 8.96. The number of carbonyl (C=O) groups is 1. The first kappa shape index (κ1) is 17.3. The zero-order chi connectivity index (χ0) is 15.7. The molecule has 0 heterocycles. The molecule has 0 N–H and O–H groups in total. The van der Waals surface area contributed by atoms with Crippen molar-refractivity contribution in [1.29, 1.82) is 0 Å². The van der Waals surface area contributed by atoms with Crippen LogP contribution in [0.15, 0.2) is 0 Å². The lowest BCUT2D eigenvalue weighted by Crippen LogP contribution is -2.43. The first-order valence-electron chi connectivity index (χ1n) is 6.50. The van der Waals surface area contributed by atoms with E-state index in [0.717, 1.165) is 6.42 Å². The summed E-state index contributed by atoms with van der Waals surface area (Å²) in [5.74, 6) is -2.19. The molecule has 3 unspecified atom stereocenters. The summed E-state index contributed by atoms with van der Waals surface area (Å²) in [7, 11) is -6.31. The molecule has 4 nitrogen and oxygen atoms in total. The van der Waals surface area contributed by atoms with E-state index in [1.165, 1.54) is 0 Å². The van der Waals surface area contributed by atoms with Gasteiger partial charge in [-0.25, -0.2) is 4.79 Å². The quantitative estimate of drug-likeness (QED) is 0.591. The molecule has 118 valence electrons. The standard InChI is InChI=1S/C12H19F3O4S/c1-7(2)9-5-4-8(3)6-10(9)19-11(16)12(13,14)20(15,17)18/h7-10H,4-6H2,1-3H3. The third-order valence-electron chi connectivity index (χ3n) is 3.76. The van der Waals surface area contributed by atoms with Gasteiger partial charge in [0.2, 0.25) is 0 Å². The van der Waals surface area contributed by atoms with Crippen molar-refractivity contribution in [3.8, 4) is 0 Å². The van der Waals surface area contributed by atoms with E-state index >= 15 is 0 Å². The molecular weight excluding hydrogens is 297 g/mol. The van der Waals surface area contributed by atoms with Gasteiger partial charge in [-0.15, -0.1) is 0 Å². The van der Waals surface area contributed by atoms with Crippen LogP contribution in [0.5, 0.6) is 0 Å². The van der Waals surface area contributed by atoms with E-state index in [0.29, 0.717) is 12.8 Å². The number of carbonyl (C=O) groups excluding carboxylic acids is 1. The molecule has 1 fully saturated rings. The van der Waals surface area contributed by atoms with Gasteiger partial charge < -0.3 is 4.74 Å². The lowest BCUT2D eigenvalue weighted by Gasteiger charge is -2.36. The number of ether oxygens (including phenoxy) is 1. The minimum Gasteiger partial charge on any atom is -0.457 e. The molecule has 0 aromatic heterocycles. The van der Waals surface area contributed by atoms with Gasteiger partial charge in [-0.3, -0.25) is 0 Å². The lowest BCUT2D eigenvalue weighted by atomic mass is 9.75. The molecule has 1 rings (SSSR count). The molecule has 0 amide bonds. The maximum absolute atomic E-state index is 13.1. The molecule has 1 saturated carbocycles. The van der Waals surface area contributed by atoms with Crippen molar-refractivity contribution in [1.82, 2.24) is 0 Å². The second-order valence-electron chi connectivity index (χ2n) is 5.72. The number of esters is 1. The summed E-state index contributed by atoms with van der Waals surface area (Å²) in [6, 6.07) is 0. The fourth-order valence-corrected chi connectivity index (χ4v) is 2.80. The highest BCUT2D eigenvalue weighted by Crippen LogP contribution is 2.37. The fourth-order valence-electron chi connectivity index (χ4n) is 2.56. The Bertz CT molecular complexity index is 461. The van der Waals surface area contributed by atoms with E-state index in [-0.39, 0.29) is 17.8 Å². The number of alkyl halides is 2. The van der Waals surface area contributed by atoms with Crippen molar-refractivity contribution in [2.24, 2.45) is 17.8 Å². The second kappa shape index (κ2) is 5.91. The van der Waals surface area contributed by atoms with Crippen LogP contribution in [-0.2, 0) is 19.8 Å². The van der Waals surface area contributed by atoms with Crippen LogP contribution >= 0.6 is 0 Å². The average molecular weight is 316 g/mol. The second-order valence-corrected chi connectivity index (χ2v) is 7.11. The summed E-state index contributed by atoms with van der Waals surface area (Å²) in [6.45, 7) is 5.62. The van der Waals surface area contributed by atoms with E-state index in [1.807, 2.05) is 20.8 Å². The number of halogens is 3. The Labute approximate surface area is 116 Å². The van der Waals surface area contributed by atoms with Gasteiger partial charge in [0.25, 0.3) is 0 Å². The molecular formula is C12H19F3O4S. The summed E-state index contributed by atoms with van der Waals surface area (Å²) in [4.78, 5) is 11.3. The summed E-state index contributed by atoms with van der Waals surface area (Å²) in [5.41, 5.74) is 0. The Hall–Kier alpha value is -0.790. The average Bonchev–Trinajstić information content (AvgIpc) is 2.26. The predicted molar refractivity (Wildman–Crippen MR) is 66.2 cm³/mol. The zero-order valence-corrected chi connectivity index (χ0v) is 12.4. The van der Waals surface area contributed by atoms with Crippen molar-refractivity contribution in [2.45, 2.75) is 51.4 Å². The number of hydrogen-bond acceptors (Lipinski definition) is 4. The SMILES string of the molecule is CC1CCC(C(C)C)C(OC(=O)C(F)(F)S(=O)(=O)F)C1. The van der Waals surface area contributed by atoms with Crippen LogP contribution in [0.3, 0.4) is 0 Å². The highest BCUT2D eigenvalue weighted by atomic mass is 32.3. The minimum atomic E-state index is -6.31. The molecule has 0 spiro atoms. The minimum absolute atomic E-state index is 0.0934. The molecule has 0 aromatic rings. The molecule has 3 atom stereocenters. The Morgan fingerprint density at radius 2 is 1.85 bits per heavy atom. The van der Waals surface area contributed by atoms with Crippen LogP contribution in [-0.4, -0.2) is 25.7 Å². The van der Waals surface area contributed by atoms with Crippen LogP contribution < -0.4 is 0 Å². The van der Waals surface area contributed by atoms with Crippen molar-refractivity contribution in [3.05, 3.63) is 0 Å². The number of hydrogen-bond donors (Lipinski definition) is 0. The monoisotopic (exact) mass is 316 g/mol. The number of rotatable bonds is 4. The lowest BCUT2D eigenvalue weighted by molar-refractivity contribution is -0.173. The molecule has 0 bridgehead atoms. The third kappa shape index (κ3) is 3.65. The van der Waals surface area contributed by atoms with E-state index in [4.69, 9.17) is 0 Å². The maximum Gasteiger partial charge on any atom is 0.470 e. The van der Waals surface area contributed by atoms with Crippen molar-refractivity contribution < 1.29 is 30.6 Å². The van der Waals surface area contributed by atoms with Gasteiger partial charge in [0.1, 0.15) is 6.10 Å². The van der Waals surface area contributed by atoms with E-state index in [1.54, 1.807) is 0 Å². The van der Waals surface area contributed by atoms with Crippen LogP contribution in [0.25, 0.3) is 0 Å². The Morgan fingerprint density at radius 3 is 2.30 bits per heavy atom. The van der Waals surface area contributed by atoms with E-state index in [2.05, 4.69) is 4.74 Å². The Morgan fingerprint density at radius 1 is 1.30 bits per heavy atom. The van der Waals surface area contributed by atoms with Gasteiger partial charge in [-0.2, -0.15) is 17.2 Å². The normalized spacial score (nSPS) is 28.4. The van der Waals surface area contributed by atoms with E-state index < -0.39 is 27.6 Å². The molecule has 8 heteroatoms. The summed E-state index contributed by atoms with van der Waals surface area (Å²) < 4.78 is 63.8. The maximum atomic E-state index is 13.1. The zero-order valence-electron chi connectivity index (χ0n) is 11.6. The van der Waals surface area contributed by atoms with Gasteiger partial charge in [-0.05, 0) is 30.6 Å². The summed E-state index contributed by atoms with van der Waals surface area (Å²) in [6.07, 6.45) is 1.15. The van der Waals surface area contributed by atoms with Gasteiger partial charge in [0, 0.05) is 0 Å². The molecule has 0 saturated heterocycles. The van der Waals surface area contributed by atoms with Gasteiger partial charge in [0.05, 0.1) is 0 Å². The van der Waals surface area contributed by atoms with Gasteiger partial charge >= 0.3 is 21.4 Å². The molecule has 20 heavy (non-hydrogen) atoms. The Balaban J connectivity index is 2.86. The van der Waals surface area contributed by atoms with Crippen LogP contribution in [0.2, 0.25) is 0 Å². The fraction of sp³-hybridized carbons (Fsp3) is 0.917. The van der Waals surface area contributed by atoms with Crippen molar-refractivity contribution in [2.75, 3.05) is 0 Å². The smallest absolute Gasteiger partial charge is 0.457 e. The van der Waals surface area contributed by atoms with Crippen LogP contribution in [0.1, 0.15) is 40.0 Å². The van der Waals surface area contributed by atoms with Crippen LogP contribution in [0.4, 0.5) is 12.7 Å². The van der Waals surface area contributed by atoms with Crippen molar-refractivity contribution >= 4 is 16.2 Å². The molecule has 1 aliphatic carbocycles. The summed E-state index contributed by atoms with van der Waals surface area (Å²) in [5, 5.41) is -5.14. The summed E-state index contributed by atoms with van der Waals surface area (Å²) >= 11 is 0. The van der Waals surface area contributed by atoms with Gasteiger partial charge in [-0.1, -0.05) is 31.1 Å². The molecule has 1 aliphatic rings. The van der Waals surface area contributed by atoms with Gasteiger partial charge in [0.15, 0.2) is 0 Å². The Kier molecular flexibility index (Phi) is 5.10. The highest BCUT2D eigenvalue weighted by Gasteiger charge is 2.56. The first-order valence-corrected chi connectivity index (χ1v) is 7.88. The highest BCUT2D eigenvalue weighted by molar-refractivity contribution is 7.88. The van der Waals surface area contributed by atoms with Crippen LogP contribution in [0, 0.1) is 17.8 Å². The molecule has 0 aliphatic heterocycles. The predicted octanol–water partition coefficient (Wildman–Crippen LogP) is 2.88. The topological polar surface area (TPSA) is 60.4 Å². The molecule has 0 aromatic carbocycles.